The van der Waals surface area contributed by atoms with Crippen molar-refractivity contribution in [3.63, 3.8) is 0 Å². The molecule has 0 atom stereocenters. The van der Waals surface area contributed by atoms with Crippen LogP contribution in [0.4, 0.5) is 0 Å². The fraction of sp³-hybridized carbons (Fsp3) is 0.316. The lowest BCUT2D eigenvalue weighted by Gasteiger charge is -2.13. The Labute approximate surface area is 157 Å². The van der Waals surface area contributed by atoms with Crippen LogP contribution in [0.1, 0.15) is 31.7 Å². The van der Waals surface area contributed by atoms with Gasteiger partial charge >= 0.3 is 5.97 Å². The molecule has 0 N–H and O–H groups in total. The van der Waals surface area contributed by atoms with E-state index in [9.17, 15) is 9.59 Å². The molecule has 0 aliphatic carbocycles. The second kappa shape index (κ2) is 10.2. The molecule has 2 rings (SSSR count). The second-order valence-corrected chi connectivity index (χ2v) is 7.13. The van der Waals surface area contributed by atoms with E-state index < -0.39 is 0 Å². The summed E-state index contributed by atoms with van der Waals surface area (Å²) in [6.07, 6.45) is 7.50. The van der Waals surface area contributed by atoms with E-state index >= 15 is 0 Å². The van der Waals surface area contributed by atoms with Crippen molar-refractivity contribution in [1.29, 1.82) is 0 Å². The molecule has 0 aromatic heterocycles. The van der Waals surface area contributed by atoms with Gasteiger partial charge < -0.3 is 4.74 Å². The molecular formula is C19H21NO3S2. The molecule has 0 saturated carbocycles. The summed E-state index contributed by atoms with van der Waals surface area (Å²) < 4.78 is 5.58. The Kier molecular flexibility index (Phi) is 7.88. The molecule has 1 aliphatic heterocycles. The summed E-state index contributed by atoms with van der Waals surface area (Å²) in [7, 11) is 0. The van der Waals surface area contributed by atoms with E-state index in [1.54, 1.807) is 6.08 Å². The number of nitrogens with zero attached hydrogens (tertiary/aromatic N) is 1. The largest absolute Gasteiger partial charge is 0.466 e. The number of ether oxygens (including phenoxy) is 1. The number of unbranched alkanes of at least 4 members (excludes halogenated alkanes) is 1. The zero-order chi connectivity index (χ0) is 18.1. The summed E-state index contributed by atoms with van der Waals surface area (Å²) in [5.74, 6) is -0.454. The molecule has 1 fully saturated rings. The van der Waals surface area contributed by atoms with Gasteiger partial charge in [0.2, 0.25) is 0 Å². The molecule has 25 heavy (non-hydrogen) atoms. The number of thiocarbonyl (C=S) groups is 1. The molecule has 0 radical (unpaired) electrons. The first-order valence-electron chi connectivity index (χ1n) is 8.24. The summed E-state index contributed by atoms with van der Waals surface area (Å²) in [6, 6.07) is 9.84. The van der Waals surface area contributed by atoms with Crippen molar-refractivity contribution < 1.29 is 14.3 Å². The zero-order valence-electron chi connectivity index (χ0n) is 14.1. The molecule has 1 amide bonds. The summed E-state index contributed by atoms with van der Waals surface area (Å²) in [5.41, 5.74) is 1.06. The molecule has 1 aliphatic rings. The van der Waals surface area contributed by atoms with Crippen molar-refractivity contribution in [2.24, 2.45) is 0 Å². The van der Waals surface area contributed by atoms with E-state index in [-0.39, 0.29) is 24.8 Å². The van der Waals surface area contributed by atoms with Gasteiger partial charge in [-0.15, -0.1) is 0 Å². The quantitative estimate of drug-likeness (QED) is 0.295. The van der Waals surface area contributed by atoms with E-state index in [0.717, 1.165) is 18.4 Å². The highest BCUT2D eigenvalue weighted by Gasteiger charge is 2.31. The lowest BCUT2D eigenvalue weighted by Crippen LogP contribution is -2.30. The summed E-state index contributed by atoms with van der Waals surface area (Å²) >= 11 is 6.50. The van der Waals surface area contributed by atoms with Crippen molar-refractivity contribution in [1.82, 2.24) is 4.90 Å². The minimum absolute atomic E-state index is 0.156. The maximum absolute atomic E-state index is 12.4. The number of carbonyl (C=O) groups excluding carboxylic acids is 2. The van der Waals surface area contributed by atoms with E-state index in [1.165, 1.54) is 16.7 Å². The number of rotatable bonds is 8. The maximum Gasteiger partial charge on any atom is 0.307 e. The Morgan fingerprint density at radius 3 is 2.80 bits per heavy atom. The molecule has 1 saturated heterocycles. The predicted octanol–water partition coefficient (Wildman–Crippen LogP) is 4.18. The number of allylic oxidation sites excluding steroid dienone is 2. The lowest BCUT2D eigenvalue weighted by molar-refractivity contribution is -0.144. The van der Waals surface area contributed by atoms with Gasteiger partial charge in [-0.3, -0.25) is 14.5 Å². The van der Waals surface area contributed by atoms with Crippen LogP contribution >= 0.6 is 24.0 Å². The molecule has 4 nitrogen and oxygen atoms in total. The van der Waals surface area contributed by atoms with E-state index in [0.29, 0.717) is 15.8 Å². The zero-order valence-corrected chi connectivity index (χ0v) is 15.8. The first-order chi connectivity index (χ1) is 12.1. The van der Waals surface area contributed by atoms with Gasteiger partial charge in [0.25, 0.3) is 5.91 Å². The highest BCUT2D eigenvalue weighted by atomic mass is 32.2. The highest BCUT2D eigenvalue weighted by Crippen LogP contribution is 2.31. The third-order valence-corrected chi connectivity index (χ3v) is 4.91. The molecule has 1 aromatic carbocycles. The molecule has 0 spiro atoms. The Morgan fingerprint density at radius 2 is 2.08 bits per heavy atom. The fourth-order valence-corrected chi connectivity index (χ4v) is 3.38. The standard InChI is InChI=1S/C19H21NO3S2/c1-2-3-14-23-17(21)12-13-20-18(22)16(25-19(20)24)11-7-10-15-8-5-4-6-9-15/h4-11H,2-3,12-14H2,1H3. The van der Waals surface area contributed by atoms with Crippen LogP contribution in [0.25, 0.3) is 6.08 Å². The van der Waals surface area contributed by atoms with Gasteiger partial charge in [-0.2, -0.15) is 0 Å². The lowest BCUT2D eigenvalue weighted by atomic mass is 10.2. The number of esters is 1. The van der Waals surface area contributed by atoms with Gasteiger partial charge in [-0.05, 0) is 18.1 Å². The van der Waals surface area contributed by atoms with Crippen molar-refractivity contribution >= 4 is 46.3 Å². The van der Waals surface area contributed by atoms with Gasteiger partial charge in [0.15, 0.2) is 0 Å². The fourth-order valence-electron chi connectivity index (χ4n) is 2.12. The Balaban J connectivity index is 1.87. The van der Waals surface area contributed by atoms with Crippen molar-refractivity contribution in [3.8, 4) is 0 Å². The van der Waals surface area contributed by atoms with Crippen LogP contribution in [-0.4, -0.2) is 34.2 Å². The summed E-state index contributed by atoms with van der Waals surface area (Å²) in [4.78, 5) is 26.1. The number of hydrogen-bond acceptors (Lipinski definition) is 5. The number of benzene rings is 1. The first-order valence-corrected chi connectivity index (χ1v) is 9.47. The van der Waals surface area contributed by atoms with E-state index in [4.69, 9.17) is 17.0 Å². The molecule has 6 heteroatoms. The monoisotopic (exact) mass is 375 g/mol. The van der Waals surface area contributed by atoms with Crippen LogP contribution in [0.2, 0.25) is 0 Å². The van der Waals surface area contributed by atoms with Gasteiger partial charge in [-0.25, -0.2) is 0 Å². The van der Waals surface area contributed by atoms with E-state index in [2.05, 4.69) is 0 Å². The Hall–Kier alpha value is -1.92. The third-order valence-electron chi connectivity index (χ3n) is 3.51. The van der Waals surface area contributed by atoms with Gasteiger partial charge in [0.05, 0.1) is 17.9 Å². The minimum atomic E-state index is -0.296. The predicted molar refractivity (Wildman–Crippen MR) is 106 cm³/mol. The Morgan fingerprint density at radius 1 is 1.32 bits per heavy atom. The van der Waals surface area contributed by atoms with E-state index in [1.807, 2.05) is 49.4 Å². The number of amides is 1. The third kappa shape index (κ3) is 6.14. The van der Waals surface area contributed by atoms with Crippen LogP contribution in [0.5, 0.6) is 0 Å². The smallest absolute Gasteiger partial charge is 0.307 e. The SMILES string of the molecule is CCCCOC(=O)CCN1C(=O)C(=CC=Cc2ccccc2)SC1=S. The molecule has 1 aromatic rings. The molecule has 132 valence electrons. The van der Waals surface area contributed by atoms with Crippen LogP contribution in [0, 0.1) is 0 Å². The van der Waals surface area contributed by atoms with Crippen molar-refractivity contribution in [3.05, 3.63) is 53.0 Å². The average Bonchev–Trinajstić information content (AvgIpc) is 2.88. The molecule has 0 unspecified atom stereocenters. The molecular weight excluding hydrogens is 354 g/mol. The number of thioether (sulfide) groups is 1. The molecule has 0 bridgehead atoms. The Bertz CT molecular complexity index is 683. The maximum atomic E-state index is 12.4. The highest BCUT2D eigenvalue weighted by molar-refractivity contribution is 8.26. The normalized spacial score (nSPS) is 16.2. The summed E-state index contributed by atoms with van der Waals surface area (Å²) in [5, 5.41) is 0. The number of hydrogen-bond donors (Lipinski definition) is 0. The van der Waals surface area contributed by atoms with Gasteiger partial charge in [-0.1, -0.05) is 79.8 Å². The average molecular weight is 376 g/mol. The van der Waals surface area contributed by atoms with Crippen LogP contribution in [-0.2, 0) is 14.3 Å². The van der Waals surface area contributed by atoms with Gasteiger partial charge in [0, 0.05) is 6.54 Å². The minimum Gasteiger partial charge on any atom is -0.466 e. The van der Waals surface area contributed by atoms with Crippen LogP contribution in [0.15, 0.2) is 47.4 Å². The van der Waals surface area contributed by atoms with Crippen molar-refractivity contribution in [2.75, 3.05) is 13.2 Å². The van der Waals surface area contributed by atoms with Crippen molar-refractivity contribution in [2.45, 2.75) is 26.2 Å². The molecule has 1 heterocycles. The summed E-state index contributed by atoms with van der Waals surface area (Å²) in [6.45, 7) is 2.72. The van der Waals surface area contributed by atoms with Crippen LogP contribution < -0.4 is 0 Å². The number of carbonyl (C=O) groups is 2. The first kappa shape index (κ1) is 19.4. The second-order valence-electron chi connectivity index (χ2n) is 5.45. The van der Waals surface area contributed by atoms with Crippen LogP contribution in [0.3, 0.4) is 0 Å². The topological polar surface area (TPSA) is 46.6 Å². The van der Waals surface area contributed by atoms with Gasteiger partial charge in [0.1, 0.15) is 4.32 Å².